The first kappa shape index (κ1) is 15.7. The Hall–Kier alpha value is -2.22. The number of nitrogens with one attached hydrogen (secondary N) is 1. The highest BCUT2D eigenvalue weighted by Crippen LogP contribution is 2.30. The molecule has 5 nitrogen and oxygen atoms in total. The lowest BCUT2D eigenvalue weighted by molar-refractivity contribution is 0.0601. The van der Waals surface area contributed by atoms with E-state index in [4.69, 9.17) is 4.74 Å². The number of aryl methyl sites for hydroxylation is 1. The number of methoxy groups -OCH3 is 1. The molecule has 0 radical (unpaired) electrons. The number of anilines is 2. The number of aromatic nitrogens is 2. The third-order valence-corrected chi connectivity index (χ3v) is 4.35. The van der Waals surface area contributed by atoms with Crippen LogP contribution in [0, 0.1) is 10.5 Å². The molecule has 6 heteroatoms. The van der Waals surface area contributed by atoms with Crippen LogP contribution in [-0.2, 0) is 4.74 Å². The number of benzene rings is 1. The highest BCUT2D eigenvalue weighted by Gasteiger charge is 2.17. The van der Waals surface area contributed by atoms with E-state index in [1.54, 1.807) is 0 Å². The third kappa shape index (κ3) is 3.12. The first-order valence-corrected chi connectivity index (χ1v) is 8.04. The van der Waals surface area contributed by atoms with Gasteiger partial charge in [0.2, 0.25) is 0 Å². The molecule has 2 aromatic heterocycles. The number of nitrogens with zero attached hydrogens (tertiary/aromatic N) is 2. The van der Waals surface area contributed by atoms with E-state index in [2.05, 4.69) is 37.9 Å². The molecule has 116 valence electrons. The van der Waals surface area contributed by atoms with Crippen LogP contribution >= 0.6 is 22.6 Å². The van der Waals surface area contributed by atoms with Gasteiger partial charge >= 0.3 is 5.97 Å². The summed E-state index contributed by atoms with van der Waals surface area (Å²) in [4.78, 5) is 20.8. The molecule has 0 aliphatic rings. The second kappa shape index (κ2) is 6.49. The Bertz CT molecular complexity index is 896. The molecule has 0 spiro atoms. The number of carbonyl (C=O) groups excluding carboxylic acids is 1. The molecule has 1 aromatic carbocycles. The van der Waals surface area contributed by atoms with Crippen LogP contribution in [0.1, 0.15) is 16.1 Å². The molecule has 0 atom stereocenters. The van der Waals surface area contributed by atoms with Crippen molar-refractivity contribution in [2.45, 2.75) is 6.92 Å². The van der Waals surface area contributed by atoms with Gasteiger partial charge in [0.05, 0.1) is 18.5 Å². The molecule has 0 saturated carbocycles. The average molecular weight is 419 g/mol. The first-order chi connectivity index (χ1) is 11.1. The standard InChI is InChI=1S/C17H14IN3O2/c1-10-7-8-11-15(21-14-6-4-3-5-13(14)18)12(17(22)23-2)9-19-16(11)20-10/h3-9H,1-2H3,(H,19,20,21). The summed E-state index contributed by atoms with van der Waals surface area (Å²) in [6, 6.07) is 11.7. The van der Waals surface area contributed by atoms with Crippen molar-refractivity contribution in [2.24, 2.45) is 0 Å². The lowest BCUT2D eigenvalue weighted by Crippen LogP contribution is -2.08. The van der Waals surface area contributed by atoms with Crippen molar-refractivity contribution in [1.29, 1.82) is 0 Å². The maximum atomic E-state index is 12.1. The summed E-state index contributed by atoms with van der Waals surface area (Å²) >= 11 is 2.24. The lowest BCUT2D eigenvalue weighted by Gasteiger charge is -2.14. The molecular weight excluding hydrogens is 405 g/mol. The second-order valence-corrected chi connectivity index (χ2v) is 6.13. The van der Waals surface area contributed by atoms with Gasteiger partial charge in [-0.05, 0) is 53.8 Å². The number of rotatable bonds is 3. The van der Waals surface area contributed by atoms with Crippen molar-refractivity contribution in [3.8, 4) is 0 Å². The summed E-state index contributed by atoms with van der Waals surface area (Å²) in [6.07, 6.45) is 1.50. The molecule has 0 unspecified atom stereocenters. The topological polar surface area (TPSA) is 64.1 Å². The monoisotopic (exact) mass is 419 g/mol. The fraction of sp³-hybridized carbons (Fsp3) is 0.118. The minimum absolute atomic E-state index is 0.380. The quantitative estimate of drug-likeness (QED) is 0.512. The summed E-state index contributed by atoms with van der Waals surface area (Å²) in [5.41, 5.74) is 3.40. The van der Waals surface area contributed by atoms with Gasteiger partial charge in [0, 0.05) is 20.8 Å². The first-order valence-electron chi connectivity index (χ1n) is 6.96. The Kier molecular flexibility index (Phi) is 4.42. The smallest absolute Gasteiger partial charge is 0.341 e. The minimum atomic E-state index is -0.437. The van der Waals surface area contributed by atoms with E-state index >= 15 is 0 Å². The summed E-state index contributed by atoms with van der Waals surface area (Å²) in [5, 5.41) is 4.11. The number of pyridine rings is 2. The predicted octanol–water partition coefficient (Wildman–Crippen LogP) is 4.07. The lowest BCUT2D eigenvalue weighted by atomic mass is 10.1. The Balaban J connectivity index is 2.22. The number of carbonyl (C=O) groups is 1. The fourth-order valence-corrected chi connectivity index (χ4v) is 2.79. The van der Waals surface area contributed by atoms with Crippen LogP contribution in [0.3, 0.4) is 0 Å². The number of hydrogen-bond donors (Lipinski definition) is 1. The van der Waals surface area contributed by atoms with Crippen LogP contribution in [0.25, 0.3) is 11.0 Å². The van der Waals surface area contributed by atoms with Gasteiger partial charge in [-0.3, -0.25) is 0 Å². The van der Waals surface area contributed by atoms with Crippen LogP contribution < -0.4 is 5.32 Å². The van der Waals surface area contributed by atoms with E-state index in [0.29, 0.717) is 16.9 Å². The molecule has 2 heterocycles. The number of halogens is 1. The largest absolute Gasteiger partial charge is 0.465 e. The van der Waals surface area contributed by atoms with Crippen LogP contribution in [0.2, 0.25) is 0 Å². The van der Waals surface area contributed by atoms with Crippen LogP contribution in [0.15, 0.2) is 42.6 Å². The molecule has 0 amide bonds. The maximum absolute atomic E-state index is 12.1. The number of para-hydroxylation sites is 1. The zero-order valence-corrected chi connectivity index (χ0v) is 14.8. The number of hydrogen-bond acceptors (Lipinski definition) is 5. The second-order valence-electron chi connectivity index (χ2n) is 4.97. The molecule has 0 aliphatic carbocycles. The number of esters is 1. The summed E-state index contributed by atoms with van der Waals surface area (Å²) < 4.78 is 5.92. The van der Waals surface area contributed by atoms with Crippen molar-refractivity contribution in [1.82, 2.24) is 9.97 Å². The molecule has 1 N–H and O–H groups in total. The normalized spacial score (nSPS) is 10.6. The zero-order valence-electron chi connectivity index (χ0n) is 12.6. The van der Waals surface area contributed by atoms with Gasteiger partial charge in [0.15, 0.2) is 5.65 Å². The van der Waals surface area contributed by atoms with E-state index in [9.17, 15) is 4.79 Å². The van der Waals surface area contributed by atoms with Crippen molar-refractivity contribution in [3.63, 3.8) is 0 Å². The van der Waals surface area contributed by atoms with Gasteiger partial charge in [0.1, 0.15) is 5.56 Å². The number of fused-ring (bicyclic) bond motifs is 1. The van der Waals surface area contributed by atoms with Crippen LogP contribution in [0.4, 0.5) is 11.4 Å². The van der Waals surface area contributed by atoms with Gasteiger partial charge in [-0.15, -0.1) is 0 Å². The van der Waals surface area contributed by atoms with E-state index in [1.807, 2.05) is 43.3 Å². The van der Waals surface area contributed by atoms with Crippen molar-refractivity contribution < 1.29 is 9.53 Å². The van der Waals surface area contributed by atoms with Crippen molar-refractivity contribution in [2.75, 3.05) is 12.4 Å². The maximum Gasteiger partial charge on any atom is 0.341 e. The zero-order chi connectivity index (χ0) is 16.4. The Morgan fingerprint density at radius 2 is 2.00 bits per heavy atom. The van der Waals surface area contributed by atoms with Crippen molar-refractivity contribution >= 4 is 51.0 Å². The van der Waals surface area contributed by atoms with Crippen molar-refractivity contribution in [3.05, 3.63) is 57.4 Å². The van der Waals surface area contributed by atoms with Crippen LogP contribution in [0.5, 0.6) is 0 Å². The molecule has 0 bridgehead atoms. The molecule has 0 fully saturated rings. The Morgan fingerprint density at radius 3 is 2.74 bits per heavy atom. The SMILES string of the molecule is COC(=O)c1cnc2nc(C)ccc2c1Nc1ccccc1I. The Morgan fingerprint density at radius 1 is 1.22 bits per heavy atom. The third-order valence-electron chi connectivity index (χ3n) is 3.41. The summed E-state index contributed by atoms with van der Waals surface area (Å²) in [5.74, 6) is -0.437. The minimum Gasteiger partial charge on any atom is -0.465 e. The fourth-order valence-electron chi connectivity index (χ4n) is 2.27. The average Bonchev–Trinajstić information content (AvgIpc) is 2.56. The predicted molar refractivity (Wildman–Crippen MR) is 98.1 cm³/mol. The van der Waals surface area contributed by atoms with Gasteiger partial charge in [-0.25, -0.2) is 14.8 Å². The van der Waals surface area contributed by atoms with Gasteiger partial charge < -0.3 is 10.1 Å². The van der Waals surface area contributed by atoms with Crippen LogP contribution in [-0.4, -0.2) is 23.0 Å². The summed E-state index contributed by atoms with van der Waals surface area (Å²) in [6.45, 7) is 1.91. The molecule has 0 saturated heterocycles. The molecule has 3 rings (SSSR count). The summed E-state index contributed by atoms with van der Waals surface area (Å²) in [7, 11) is 1.36. The molecule has 3 aromatic rings. The van der Waals surface area contributed by atoms with E-state index < -0.39 is 5.97 Å². The van der Waals surface area contributed by atoms with Gasteiger partial charge in [-0.1, -0.05) is 12.1 Å². The highest BCUT2D eigenvalue weighted by molar-refractivity contribution is 14.1. The van der Waals surface area contributed by atoms with Gasteiger partial charge in [0.25, 0.3) is 0 Å². The molecule has 0 aliphatic heterocycles. The molecule has 23 heavy (non-hydrogen) atoms. The van der Waals surface area contributed by atoms with E-state index in [1.165, 1.54) is 13.3 Å². The highest BCUT2D eigenvalue weighted by atomic mass is 127. The number of ether oxygens (including phenoxy) is 1. The molecular formula is C17H14IN3O2. The van der Waals surface area contributed by atoms with Gasteiger partial charge in [-0.2, -0.15) is 0 Å². The van der Waals surface area contributed by atoms with E-state index in [0.717, 1.165) is 20.3 Å². The Labute approximate surface area is 147 Å². The van der Waals surface area contributed by atoms with E-state index in [-0.39, 0.29) is 0 Å².